The molecule has 2 aliphatic rings. The lowest BCUT2D eigenvalue weighted by atomic mass is 9.98. The Morgan fingerprint density at radius 1 is 1.45 bits per heavy atom. The molecular weight excluding hydrogens is 202 g/mol. The second-order valence-corrected chi connectivity index (χ2v) is 3.92. The molecule has 58 valence electrons. The van der Waals surface area contributed by atoms with E-state index in [4.69, 9.17) is 0 Å². The van der Waals surface area contributed by atoms with E-state index in [0.717, 1.165) is 0 Å². The lowest BCUT2D eigenvalue weighted by Gasteiger charge is -2.16. The first-order chi connectivity index (χ1) is 5.25. The van der Waals surface area contributed by atoms with Gasteiger partial charge in [0, 0.05) is 16.1 Å². The fourth-order valence-electron chi connectivity index (χ4n) is 1.56. The molecule has 1 N–H and O–H groups in total. The van der Waals surface area contributed by atoms with E-state index in [1.165, 1.54) is 10.2 Å². The van der Waals surface area contributed by atoms with Crippen molar-refractivity contribution in [1.29, 1.82) is 0 Å². The molecule has 0 radical (unpaired) electrons. The van der Waals surface area contributed by atoms with E-state index >= 15 is 0 Å². The first-order valence-corrected chi connectivity index (χ1v) is 4.55. The maximum absolute atomic E-state index is 3.46. The number of halogens is 1. The van der Waals surface area contributed by atoms with Crippen molar-refractivity contribution in [2.24, 2.45) is 5.92 Å². The van der Waals surface area contributed by atoms with E-state index in [2.05, 4.69) is 52.5 Å². The van der Waals surface area contributed by atoms with Crippen LogP contribution in [-0.2, 0) is 0 Å². The van der Waals surface area contributed by atoms with E-state index in [0.29, 0.717) is 12.0 Å². The van der Waals surface area contributed by atoms with E-state index in [1.54, 1.807) is 0 Å². The molecule has 0 aromatic carbocycles. The SMILES string of the molecule is CC1=CC2C=C(Br)C=CC2N1. The average molecular weight is 212 g/mol. The summed E-state index contributed by atoms with van der Waals surface area (Å²) in [6.07, 6.45) is 8.78. The van der Waals surface area contributed by atoms with Gasteiger partial charge in [-0.3, -0.25) is 0 Å². The average Bonchev–Trinajstić information content (AvgIpc) is 2.27. The van der Waals surface area contributed by atoms with Gasteiger partial charge in [-0.1, -0.05) is 40.2 Å². The predicted octanol–water partition coefficient (Wildman–Crippen LogP) is 2.33. The topological polar surface area (TPSA) is 12.0 Å². The summed E-state index contributed by atoms with van der Waals surface area (Å²) in [6, 6.07) is 0.497. The van der Waals surface area contributed by atoms with Gasteiger partial charge in [0.2, 0.25) is 0 Å². The van der Waals surface area contributed by atoms with Crippen LogP contribution in [0.3, 0.4) is 0 Å². The van der Waals surface area contributed by atoms with Crippen LogP contribution in [0.25, 0.3) is 0 Å². The second-order valence-electron chi connectivity index (χ2n) is 3.01. The fraction of sp³-hybridized carbons (Fsp3) is 0.333. The van der Waals surface area contributed by atoms with Crippen LogP contribution in [0.15, 0.2) is 34.5 Å². The van der Waals surface area contributed by atoms with Gasteiger partial charge >= 0.3 is 0 Å². The van der Waals surface area contributed by atoms with Gasteiger partial charge in [0.05, 0.1) is 6.04 Å². The molecular formula is C9H10BrN. The van der Waals surface area contributed by atoms with Crippen molar-refractivity contribution >= 4 is 15.9 Å². The van der Waals surface area contributed by atoms with E-state index < -0.39 is 0 Å². The number of rotatable bonds is 0. The molecule has 1 nitrogen and oxygen atoms in total. The zero-order valence-electron chi connectivity index (χ0n) is 6.34. The molecule has 2 heteroatoms. The molecule has 0 spiro atoms. The molecule has 11 heavy (non-hydrogen) atoms. The van der Waals surface area contributed by atoms with Crippen LogP contribution in [0.5, 0.6) is 0 Å². The molecule has 0 saturated heterocycles. The fourth-order valence-corrected chi connectivity index (χ4v) is 2.02. The highest BCUT2D eigenvalue weighted by Crippen LogP contribution is 2.26. The predicted molar refractivity (Wildman–Crippen MR) is 50.3 cm³/mol. The van der Waals surface area contributed by atoms with Crippen molar-refractivity contribution in [3.05, 3.63) is 34.5 Å². The summed E-state index contributed by atoms with van der Waals surface area (Å²) in [5.41, 5.74) is 1.28. The Morgan fingerprint density at radius 2 is 2.27 bits per heavy atom. The first kappa shape index (κ1) is 7.17. The van der Waals surface area contributed by atoms with Crippen LogP contribution in [-0.4, -0.2) is 6.04 Å². The minimum atomic E-state index is 0.497. The Balaban J connectivity index is 2.26. The first-order valence-electron chi connectivity index (χ1n) is 3.76. The molecule has 2 rings (SSSR count). The normalized spacial score (nSPS) is 34.0. The zero-order valence-corrected chi connectivity index (χ0v) is 7.93. The summed E-state index contributed by atoms with van der Waals surface area (Å²) in [7, 11) is 0. The third-order valence-corrected chi connectivity index (χ3v) is 2.59. The number of fused-ring (bicyclic) bond motifs is 1. The summed E-state index contributed by atoms with van der Waals surface area (Å²) in [5.74, 6) is 0.550. The molecule has 1 heterocycles. The number of hydrogen-bond donors (Lipinski definition) is 1. The highest BCUT2D eigenvalue weighted by Gasteiger charge is 2.23. The maximum atomic E-state index is 3.46. The van der Waals surface area contributed by atoms with Crippen LogP contribution in [0.4, 0.5) is 0 Å². The Kier molecular flexibility index (Phi) is 1.64. The van der Waals surface area contributed by atoms with E-state index in [-0.39, 0.29) is 0 Å². The summed E-state index contributed by atoms with van der Waals surface area (Å²) in [4.78, 5) is 0. The van der Waals surface area contributed by atoms with Crippen molar-refractivity contribution < 1.29 is 0 Å². The van der Waals surface area contributed by atoms with Crippen LogP contribution >= 0.6 is 15.9 Å². The largest absolute Gasteiger partial charge is 0.382 e. The van der Waals surface area contributed by atoms with Crippen LogP contribution in [0.2, 0.25) is 0 Å². The van der Waals surface area contributed by atoms with Gasteiger partial charge in [0.15, 0.2) is 0 Å². The summed E-state index contributed by atoms with van der Waals surface area (Å²) >= 11 is 3.46. The molecule has 0 saturated carbocycles. The van der Waals surface area contributed by atoms with Gasteiger partial charge in [0.25, 0.3) is 0 Å². The highest BCUT2D eigenvalue weighted by molar-refractivity contribution is 9.11. The Labute approximate surface area is 75.0 Å². The minimum absolute atomic E-state index is 0.497. The van der Waals surface area contributed by atoms with Crippen molar-refractivity contribution in [2.45, 2.75) is 13.0 Å². The molecule has 0 fully saturated rings. The Hall–Kier alpha value is -0.500. The summed E-state index contributed by atoms with van der Waals surface area (Å²) < 4.78 is 1.19. The molecule has 1 aliphatic heterocycles. The highest BCUT2D eigenvalue weighted by atomic mass is 79.9. The molecule has 1 aliphatic carbocycles. The summed E-state index contributed by atoms with van der Waals surface area (Å²) in [5, 5.41) is 3.39. The maximum Gasteiger partial charge on any atom is 0.0543 e. The zero-order chi connectivity index (χ0) is 7.84. The van der Waals surface area contributed by atoms with Crippen molar-refractivity contribution in [3.8, 4) is 0 Å². The Bertz CT molecular complexity index is 263. The van der Waals surface area contributed by atoms with Crippen molar-refractivity contribution in [2.75, 3.05) is 0 Å². The second kappa shape index (κ2) is 2.52. The van der Waals surface area contributed by atoms with Crippen LogP contribution < -0.4 is 5.32 Å². The molecule has 0 aromatic heterocycles. The lowest BCUT2D eigenvalue weighted by molar-refractivity contribution is 0.637. The standard InChI is InChI=1S/C9H10BrN/c1-6-4-7-5-8(10)2-3-9(7)11-6/h2-5,7,9,11H,1H3. The van der Waals surface area contributed by atoms with Gasteiger partial charge in [0.1, 0.15) is 0 Å². The quantitative estimate of drug-likeness (QED) is 0.649. The van der Waals surface area contributed by atoms with Crippen LogP contribution in [0.1, 0.15) is 6.92 Å². The van der Waals surface area contributed by atoms with Crippen molar-refractivity contribution in [3.63, 3.8) is 0 Å². The summed E-state index contributed by atoms with van der Waals surface area (Å²) in [6.45, 7) is 2.11. The molecule has 0 amide bonds. The van der Waals surface area contributed by atoms with Gasteiger partial charge < -0.3 is 5.32 Å². The van der Waals surface area contributed by atoms with Gasteiger partial charge in [-0.15, -0.1) is 0 Å². The third kappa shape index (κ3) is 1.27. The van der Waals surface area contributed by atoms with E-state index in [9.17, 15) is 0 Å². The molecule has 2 atom stereocenters. The molecule has 0 aromatic rings. The number of allylic oxidation sites excluding steroid dienone is 3. The third-order valence-electron chi connectivity index (χ3n) is 2.07. The molecule has 0 bridgehead atoms. The molecule has 2 unspecified atom stereocenters. The van der Waals surface area contributed by atoms with Gasteiger partial charge in [-0.05, 0) is 6.92 Å². The Morgan fingerprint density at radius 3 is 3.09 bits per heavy atom. The van der Waals surface area contributed by atoms with Gasteiger partial charge in [-0.25, -0.2) is 0 Å². The lowest BCUT2D eigenvalue weighted by Crippen LogP contribution is -2.26. The smallest absolute Gasteiger partial charge is 0.0543 e. The number of nitrogens with one attached hydrogen (secondary N) is 1. The minimum Gasteiger partial charge on any atom is -0.382 e. The van der Waals surface area contributed by atoms with E-state index in [1.807, 2.05) is 0 Å². The van der Waals surface area contributed by atoms with Gasteiger partial charge in [-0.2, -0.15) is 0 Å². The van der Waals surface area contributed by atoms with Crippen molar-refractivity contribution in [1.82, 2.24) is 5.32 Å². The number of hydrogen-bond acceptors (Lipinski definition) is 1. The monoisotopic (exact) mass is 211 g/mol. The van der Waals surface area contributed by atoms with Crippen LogP contribution in [0, 0.1) is 5.92 Å².